The minimum atomic E-state index is -0.735. The molecule has 3 rings (SSSR count). The first kappa shape index (κ1) is 12.9. The van der Waals surface area contributed by atoms with Crippen molar-refractivity contribution in [2.75, 3.05) is 5.32 Å². The number of nitrogens with zero attached hydrogens (tertiary/aromatic N) is 2. The lowest BCUT2D eigenvalue weighted by molar-refractivity contribution is 0.875. The number of hydrogen-bond acceptors (Lipinski definition) is 2. The molecule has 0 saturated heterocycles. The van der Waals surface area contributed by atoms with Gasteiger partial charge in [0, 0.05) is 18.0 Å². The molecule has 19 heavy (non-hydrogen) atoms. The van der Waals surface area contributed by atoms with Gasteiger partial charge in [0.15, 0.2) is 0 Å². The van der Waals surface area contributed by atoms with Crippen molar-refractivity contribution >= 4 is 46.2 Å². The van der Waals surface area contributed by atoms with Crippen LogP contribution in [0.1, 0.15) is 12.5 Å². The first-order valence-electron chi connectivity index (χ1n) is 5.64. The van der Waals surface area contributed by atoms with Gasteiger partial charge in [-0.05, 0) is 25.1 Å². The van der Waals surface area contributed by atoms with Crippen molar-refractivity contribution in [3.63, 3.8) is 0 Å². The Bertz CT molecular complexity index is 660. The molecule has 1 aromatic heterocycles. The Hall–Kier alpha value is -1.16. The van der Waals surface area contributed by atoms with E-state index >= 15 is 0 Å². The summed E-state index contributed by atoms with van der Waals surface area (Å²) in [6.45, 7) is 1.85. The van der Waals surface area contributed by atoms with Gasteiger partial charge in [0.05, 0.1) is 27.8 Å². The molecule has 0 spiro atoms. The highest BCUT2D eigenvalue weighted by atomic mass is 35.5. The van der Waals surface area contributed by atoms with E-state index in [1.54, 1.807) is 18.6 Å². The molecular weight excluding hydrogens is 305 g/mol. The standard InChI is InChI=1S/C13H10Cl3N3/c1-13(16)6-10(19-5-4-17-7-19)8-2-3-9(14)11(15)12(8)18-13/h2-7,18H,1H3. The third kappa shape index (κ3) is 2.22. The Balaban J connectivity index is 2.26. The molecule has 1 N–H and O–H groups in total. The molecule has 2 heterocycles. The number of rotatable bonds is 1. The van der Waals surface area contributed by atoms with Crippen LogP contribution in [0.3, 0.4) is 0 Å². The Morgan fingerprint density at radius 3 is 2.79 bits per heavy atom. The van der Waals surface area contributed by atoms with E-state index in [0.717, 1.165) is 16.9 Å². The molecule has 0 radical (unpaired) electrons. The highest BCUT2D eigenvalue weighted by Gasteiger charge is 2.29. The first-order valence-corrected chi connectivity index (χ1v) is 6.78. The molecular formula is C13H10Cl3N3. The van der Waals surface area contributed by atoms with E-state index in [2.05, 4.69) is 10.3 Å². The molecule has 0 aliphatic carbocycles. The molecule has 3 nitrogen and oxygen atoms in total. The Labute approximate surface area is 125 Å². The zero-order valence-corrected chi connectivity index (χ0v) is 12.3. The summed E-state index contributed by atoms with van der Waals surface area (Å²) in [7, 11) is 0. The number of nitrogens with one attached hydrogen (secondary N) is 1. The second kappa shape index (κ2) is 4.44. The van der Waals surface area contributed by atoms with Gasteiger partial charge in [0.25, 0.3) is 0 Å². The average molecular weight is 315 g/mol. The summed E-state index contributed by atoms with van der Waals surface area (Å²) in [5.41, 5.74) is 2.59. The average Bonchev–Trinajstić information content (AvgIpc) is 2.86. The van der Waals surface area contributed by atoms with E-state index < -0.39 is 5.00 Å². The van der Waals surface area contributed by atoms with Crippen molar-refractivity contribution in [2.24, 2.45) is 0 Å². The van der Waals surface area contributed by atoms with E-state index in [4.69, 9.17) is 34.8 Å². The maximum atomic E-state index is 6.41. The number of imidazole rings is 1. The SMILES string of the molecule is CC1(Cl)C=C(n2ccnc2)c2ccc(Cl)c(Cl)c2N1. The zero-order valence-electron chi connectivity index (χ0n) is 9.99. The number of halogens is 3. The Kier molecular flexibility index (Phi) is 3.01. The van der Waals surface area contributed by atoms with Gasteiger partial charge in [-0.3, -0.25) is 0 Å². The fraction of sp³-hybridized carbons (Fsp3) is 0.154. The van der Waals surface area contributed by atoms with Crippen LogP contribution in [0.4, 0.5) is 5.69 Å². The largest absolute Gasteiger partial charge is 0.362 e. The molecule has 0 fully saturated rings. The molecule has 1 unspecified atom stereocenters. The fourth-order valence-electron chi connectivity index (χ4n) is 2.12. The van der Waals surface area contributed by atoms with Crippen LogP contribution in [0.2, 0.25) is 10.0 Å². The maximum absolute atomic E-state index is 6.41. The summed E-state index contributed by atoms with van der Waals surface area (Å²) >= 11 is 18.7. The van der Waals surface area contributed by atoms with Crippen molar-refractivity contribution < 1.29 is 0 Å². The summed E-state index contributed by atoms with van der Waals surface area (Å²) < 4.78 is 1.89. The van der Waals surface area contributed by atoms with E-state index in [9.17, 15) is 0 Å². The fourth-order valence-corrected chi connectivity index (χ4v) is 2.68. The van der Waals surface area contributed by atoms with Crippen LogP contribution in [-0.2, 0) is 0 Å². The summed E-state index contributed by atoms with van der Waals surface area (Å²) in [6, 6.07) is 3.68. The summed E-state index contributed by atoms with van der Waals surface area (Å²) in [5.74, 6) is 0. The summed E-state index contributed by atoms with van der Waals surface area (Å²) in [5, 5.41) is 4.14. The van der Waals surface area contributed by atoms with Gasteiger partial charge < -0.3 is 9.88 Å². The van der Waals surface area contributed by atoms with Crippen LogP contribution < -0.4 is 5.32 Å². The van der Waals surface area contributed by atoms with Crippen molar-refractivity contribution in [1.29, 1.82) is 0 Å². The Morgan fingerprint density at radius 2 is 2.11 bits per heavy atom. The van der Waals surface area contributed by atoms with Crippen LogP contribution in [0, 0.1) is 0 Å². The van der Waals surface area contributed by atoms with Gasteiger partial charge >= 0.3 is 0 Å². The van der Waals surface area contributed by atoms with Gasteiger partial charge in [-0.2, -0.15) is 0 Å². The lowest BCUT2D eigenvalue weighted by Crippen LogP contribution is -2.30. The van der Waals surface area contributed by atoms with Gasteiger partial charge in [-0.15, -0.1) is 0 Å². The highest BCUT2D eigenvalue weighted by molar-refractivity contribution is 6.44. The van der Waals surface area contributed by atoms with Gasteiger partial charge in [-0.1, -0.05) is 34.8 Å². The summed E-state index contributed by atoms with van der Waals surface area (Å²) in [6.07, 6.45) is 7.21. The van der Waals surface area contributed by atoms with Crippen LogP contribution in [0.5, 0.6) is 0 Å². The van der Waals surface area contributed by atoms with Crippen molar-refractivity contribution in [3.05, 3.63) is 52.5 Å². The van der Waals surface area contributed by atoms with E-state index in [1.807, 2.05) is 29.8 Å². The Morgan fingerprint density at radius 1 is 1.32 bits per heavy atom. The van der Waals surface area contributed by atoms with Gasteiger partial charge in [0.2, 0.25) is 0 Å². The van der Waals surface area contributed by atoms with E-state index in [1.165, 1.54) is 0 Å². The van der Waals surface area contributed by atoms with Crippen LogP contribution in [-0.4, -0.2) is 14.5 Å². The highest BCUT2D eigenvalue weighted by Crippen LogP contribution is 2.43. The van der Waals surface area contributed by atoms with Crippen molar-refractivity contribution in [2.45, 2.75) is 11.9 Å². The molecule has 0 amide bonds. The number of fused-ring (bicyclic) bond motifs is 1. The van der Waals surface area contributed by atoms with Gasteiger partial charge in [0.1, 0.15) is 5.00 Å². The zero-order chi connectivity index (χ0) is 13.6. The molecule has 98 valence electrons. The molecule has 0 saturated carbocycles. The second-order valence-electron chi connectivity index (χ2n) is 4.48. The lowest BCUT2D eigenvalue weighted by atomic mass is 10.0. The molecule has 2 aromatic rings. The molecule has 0 bridgehead atoms. The topological polar surface area (TPSA) is 29.9 Å². The molecule has 1 aliphatic rings. The van der Waals surface area contributed by atoms with Crippen molar-refractivity contribution in [3.8, 4) is 0 Å². The molecule has 6 heteroatoms. The quantitative estimate of drug-likeness (QED) is 0.622. The van der Waals surface area contributed by atoms with E-state index in [-0.39, 0.29) is 0 Å². The minimum absolute atomic E-state index is 0.469. The number of alkyl halides is 1. The van der Waals surface area contributed by atoms with Crippen LogP contribution in [0.25, 0.3) is 5.70 Å². The molecule has 1 aromatic carbocycles. The number of aromatic nitrogens is 2. The summed E-state index contributed by atoms with van der Waals surface area (Å²) in [4.78, 5) is 3.32. The number of benzene rings is 1. The monoisotopic (exact) mass is 313 g/mol. The first-order chi connectivity index (χ1) is 8.98. The molecule has 1 aliphatic heterocycles. The predicted octanol–water partition coefficient (Wildman–Crippen LogP) is 4.46. The lowest BCUT2D eigenvalue weighted by Gasteiger charge is -2.31. The van der Waals surface area contributed by atoms with Crippen LogP contribution in [0.15, 0.2) is 36.9 Å². The number of hydrogen-bond donors (Lipinski definition) is 1. The second-order valence-corrected chi connectivity index (χ2v) is 6.05. The third-order valence-electron chi connectivity index (χ3n) is 2.93. The van der Waals surface area contributed by atoms with Crippen molar-refractivity contribution in [1.82, 2.24) is 9.55 Å². The van der Waals surface area contributed by atoms with Gasteiger partial charge in [-0.25, -0.2) is 4.98 Å². The number of anilines is 1. The smallest absolute Gasteiger partial charge is 0.130 e. The van der Waals surface area contributed by atoms with Crippen LogP contribution >= 0.6 is 34.8 Å². The predicted molar refractivity (Wildman–Crippen MR) is 79.9 cm³/mol. The molecule has 1 atom stereocenters. The third-order valence-corrected chi connectivity index (χ3v) is 3.94. The minimum Gasteiger partial charge on any atom is -0.362 e. The normalized spacial score (nSPS) is 21.6. The maximum Gasteiger partial charge on any atom is 0.130 e. The van der Waals surface area contributed by atoms with E-state index in [0.29, 0.717) is 10.0 Å².